The summed E-state index contributed by atoms with van der Waals surface area (Å²) < 4.78 is 0. The van der Waals surface area contributed by atoms with Gasteiger partial charge in [-0.1, -0.05) is 19.8 Å². The number of unbranched alkanes of at least 4 members (excludes halogenated alkanes) is 1. The highest BCUT2D eigenvalue weighted by molar-refractivity contribution is 5.12. The van der Waals surface area contributed by atoms with Crippen molar-refractivity contribution in [1.82, 2.24) is 4.98 Å². The third kappa shape index (κ3) is 2.39. The van der Waals surface area contributed by atoms with Crippen LogP contribution in [0.2, 0.25) is 0 Å². The monoisotopic (exact) mass is 152 g/mol. The zero-order valence-corrected chi connectivity index (χ0v) is 7.01. The van der Waals surface area contributed by atoms with Crippen LogP contribution < -0.4 is 5.73 Å². The van der Waals surface area contributed by atoms with E-state index in [0.29, 0.717) is 0 Å². The average Bonchev–Trinajstić information content (AvgIpc) is 2.52. The van der Waals surface area contributed by atoms with E-state index in [-0.39, 0.29) is 6.04 Å². The van der Waals surface area contributed by atoms with E-state index in [1.165, 1.54) is 18.4 Å². The summed E-state index contributed by atoms with van der Waals surface area (Å²) in [7, 11) is 0. The molecule has 0 spiro atoms. The van der Waals surface area contributed by atoms with Crippen molar-refractivity contribution in [1.29, 1.82) is 0 Å². The van der Waals surface area contributed by atoms with Gasteiger partial charge in [0.05, 0.1) is 0 Å². The van der Waals surface area contributed by atoms with Crippen LogP contribution in [0.1, 0.15) is 37.8 Å². The van der Waals surface area contributed by atoms with E-state index in [0.717, 1.165) is 6.42 Å². The Kier molecular flexibility index (Phi) is 3.17. The Balaban J connectivity index is 2.36. The van der Waals surface area contributed by atoms with E-state index < -0.39 is 0 Å². The van der Waals surface area contributed by atoms with Gasteiger partial charge in [-0.25, -0.2) is 0 Å². The van der Waals surface area contributed by atoms with Crippen molar-refractivity contribution >= 4 is 0 Å². The third-order valence-corrected chi connectivity index (χ3v) is 1.92. The predicted octanol–water partition coefficient (Wildman–Crippen LogP) is 2.20. The van der Waals surface area contributed by atoms with Crippen LogP contribution in [0.3, 0.4) is 0 Å². The first-order valence-corrected chi connectivity index (χ1v) is 4.23. The number of H-pyrrole nitrogens is 1. The molecule has 0 aliphatic rings. The van der Waals surface area contributed by atoms with Crippen molar-refractivity contribution in [2.24, 2.45) is 5.73 Å². The molecule has 3 N–H and O–H groups in total. The Labute approximate surface area is 67.8 Å². The molecule has 1 aromatic rings. The highest BCUT2D eigenvalue weighted by Crippen LogP contribution is 2.15. The minimum Gasteiger partial charge on any atom is -0.367 e. The fourth-order valence-corrected chi connectivity index (χ4v) is 1.16. The first-order valence-electron chi connectivity index (χ1n) is 4.23. The Morgan fingerprint density at radius 1 is 1.64 bits per heavy atom. The van der Waals surface area contributed by atoms with Crippen LogP contribution in [0.15, 0.2) is 18.5 Å². The van der Waals surface area contributed by atoms with Crippen LogP contribution in [-0.2, 0) is 0 Å². The lowest BCUT2D eigenvalue weighted by Crippen LogP contribution is -2.08. The van der Waals surface area contributed by atoms with Crippen molar-refractivity contribution in [3.63, 3.8) is 0 Å². The molecule has 0 radical (unpaired) electrons. The van der Waals surface area contributed by atoms with E-state index in [1.807, 2.05) is 18.5 Å². The lowest BCUT2D eigenvalue weighted by Gasteiger charge is -2.07. The molecule has 0 amide bonds. The summed E-state index contributed by atoms with van der Waals surface area (Å²) in [6, 6.07) is 2.27. The van der Waals surface area contributed by atoms with Gasteiger partial charge in [0.2, 0.25) is 0 Å². The molecular weight excluding hydrogens is 136 g/mol. The van der Waals surface area contributed by atoms with Crippen LogP contribution >= 0.6 is 0 Å². The molecule has 1 unspecified atom stereocenters. The molecule has 0 aromatic carbocycles. The minimum atomic E-state index is 0.223. The van der Waals surface area contributed by atoms with Gasteiger partial charge in [-0.05, 0) is 18.1 Å². The molecule has 0 aliphatic heterocycles. The second-order valence-electron chi connectivity index (χ2n) is 2.89. The quantitative estimate of drug-likeness (QED) is 0.682. The molecule has 0 saturated carbocycles. The van der Waals surface area contributed by atoms with Crippen LogP contribution in [-0.4, -0.2) is 4.98 Å². The smallest absolute Gasteiger partial charge is 0.0309 e. The zero-order valence-electron chi connectivity index (χ0n) is 7.01. The maximum Gasteiger partial charge on any atom is 0.0309 e. The summed E-state index contributed by atoms with van der Waals surface area (Å²) in [4.78, 5) is 3.01. The van der Waals surface area contributed by atoms with Crippen LogP contribution in [0.5, 0.6) is 0 Å². The molecule has 1 aromatic heterocycles. The van der Waals surface area contributed by atoms with E-state index in [2.05, 4.69) is 11.9 Å². The van der Waals surface area contributed by atoms with Gasteiger partial charge in [-0.3, -0.25) is 0 Å². The second kappa shape index (κ2) is 4.19. The van der Waals surface area contributed by atoms with Gasteiger partial charge in [0, 0.05) is 18.4 Å². The van der Waals surface area contributed by atoms with Gasteiger partial charge in [0.25, 0.3) is 0 Å². The van der Waals surface area contributed by atoms with E-state index in [9.17, 15) is 0 Å². The predicted molar refractivity (Wildman–Crippen MR) is 47.2 cm³/mol. The second-order valence-corrected chi connectivity index (χ2v) is 2.89. The Bertz CT molecular complexity index is 179. The third-order valence-electron chi connectivity index (χ3n) is 1.92. The molecule has 11 heavy (non-hydrogen) atoms. The Morgan fingerprint density at radius 2 is 2.45 bits per heavy atom. The highest BCUT2D eigenvalue weighted by Gasteiger charge is 2.03. The van der Waals surface area contributed by atoms with Gasteiger partial charge in [-0.15, -0.1) is 0 Å². The minimum absolute atomic E-state index is 0.223. The number of nitrogens with two attached hydrogens (primary N) is 1. The highest BCUT2D eigenvalue weighted by atomic mass is 14.7. The number of nitrogens with one attached hydrogen (secondary N) is 1. The maximum atomic E-state index is 5.91. The number of hydrogen-bond donors (Lipinski definition) is 2. The van der Waals surface area contributed by atoms with E-state index in [4.69, 9.17) is 5.73 Å². The molecule has 1 heterocycles. The zero-order chi connectivity index (χ0) is 8.10. The molecule has 0 bridgehead atoms. The lowest BCUT2D eigenvalue weighted by atomic mass is 10.1. The average molecular weight is 152 g/mol. The van der Waals surface area contributed by atoms with Crippen molar-refractivity contribution in [2.75, 3.05) is 0 Å². The molecule has 1 atom stereocenters. The van der Waals surface area contributed by atoms with Crippen molar-refractivity contribution in [2.45, 2.75) is 32.2 Å². The molecule has 2 nitrogen and oxygen atoms in total. The first-order chi connectivity index (χ1) is 5.34. The Morgan fingerprint density at radius 3 is 3.00 bits per heavy atom. The Hall–Kier alpha value is -0.760. The molecule has 0 aliphatic carbocycles. The normalized spacial score (nSPS) is 13.3. The van der Waals surface area contributed by atoms with E-state index >= 15 is 0 Å². The fraction of sp³-hybridized carbons (Fsp3) is 0.556. The summed E-state index contributed by atoms with van der Waals surface area (Å²) in [5.41, 5.74) is 7.13. The van der Waals surface area contributed by atoms with Crippen molar-refractivity contribution in [3.05, 3.63) is 24.0 Å². The molecule has 0 fully saturated rings. The van der Waals surface area contributed by atoms with Crippen LogP contribution in [0.4, 0.5) is 0 Å². The van der Waals surface area contributed by atoms with Crippen molar-refractivity contribution in [3.8, 4) is 0 Å². The number of rotatable bonds is 4. The van der Waals surface area contributed by atoms with Gasteiger partial charge in [-0.2, -0.15) is 0 Å². The molecule has 2 heteroatoms. The van der Waals surface area contributed by atoms with Gasteiger partial charge in [0.1, 0.15) is 0 Å². The fourth-order valence-electron chi connectivity index (χ4n) is 1.16. The van der Waals surface area contributed by atoms with Gasteiger partial charge >= 0.3 is 0 Å². The number of aromatic nitrogens is 1. The number of hydrogen-bond acceptors (Lipinski definition) is 1. The molecule has 0 saturated heterocycles. The summed E-state index contributed by atoms with van der Waals surface area (Å²) >= 11 is 0. The molecular formula is C9H16N2. The topological polar surface area (TPSA) is 41.8 Å². The van der Waals surface area contributed by atoms with Crippen LogP contribution in [0.25, 0.3) is 0 Å². The van der Waals surface area contributed by atoms with E-state index in [1.54, 1.807) is 0 Å². The standard InChI is InChI=1S/C9H16N2/c1-2-3-4-9(10)8-5-6-11-7-8/h5-7,9,11H,2-4,10H2,1H3. The molecule has 1 rings (SSSR count). The summed E-state index contributed by atoms with van der Waals surface area (Å²) in [6.45, 7) is 2.18. The summed E-state index contributed by atoms with van der Waals surface area (Å²) in [5.74, 6) is 0. The summed E-state index contributed by atoms with van der Waals surface area (Å²) in [6.07, 6.45) is 7.42. The lowest BCUT2D eigenvalue weighted by molar-refractivity contribution is 0.604. The van der Waals surface area contributed by atoms with Crippen molar-refractivity contribution < 1.29 is 0 Å². The summed E-state index contributed by atoms with van der Waals surface area (Å²) in [5, 5.41) is 0. The number of aromatic amines is 1. The SMILES string of the molecule is CCCCC(N)c1cc[nH]c1. The maximum absolute atomic E-state index is 5.91. The van der Waals surface area contributed by atoms with Gasteiger partial charge < -0.3 is 10.7 Å². The molecule has 62 valence electrons. The largest absolute Gasteiger partial charge is 0.367 e. The van der Waals surface area contributed by atoms with Gasteiger partial charge in [0.15, 0.2) is 0 Å². The van der Waals surface area contributed by atoms with Crippen LogP contribution in [0, 0.1) is 0 Å². The first kappa shape index (κ1) is 8.34.